The van der Waals surface area contributed by atoms with Crippen LogP contribution in [-0.4, -0.2) is 37.8 Å². The molecule has 0 spiro atoms. The fourth-order valence-corrected chi connectivity index (χ4v) is 2.73. The highest BCUT2D eigenvalue weighted by Gasteiger charge is 2.15. The maximum Gasteiger partial charge on any atom is 0.305 e. The van der Waals surface area contributed by atoms with Gasteiger partial charge in [-0.1, -0.05) is 12.1 Å². The van der Waals surface area contributed by atoms with Crippen LogP contribution >= 0.6 is 12.2 Å². The molecular formula is C16H23N3O2S. The zero-order chi connectivity index (χ0) is 15.8. The molecular weight excluding hydrogens is 298 g/mol. The predicted molar refractivity (Wildman–Crippen MR) is 93.4 cm³/mol. The Balaban J connectivity index is 1.82. The first-order valence-corrected chi connectivity index (χ1v) is 8.07. The van der Waals surface area contributed by atoms with Gasteiger partial charge in [-0.05, 0) is 43.6 Å². The molecule has 2 rings (SSSR count). The molecule has 0 saturated carbocycles. The van der Waals surface area contributed by atoms with E-state index in [1.807, 2.05) is 18.2 Å². The third-order valence-corrected chi connectivity index (χ3v) is 3.92. The van der Waals surface area contributed by atoms with Crippen LogP contribution < -0.4 is 15.5 Å². The van der Waals surface area contributed by atoms with Gasteiger partial charge in [0.15, 0.2) is 5.11 Å². The van der Waals surface area contributed by atoms with E-state index in [1.54, 1.807) is 0 Å². The molecule has 0 amide bonds. The van der Waals surface area contributed by atoms with Crippen molar-refractivity contribution < 1.29 is 9.53 Å². The lowest BCUT2D eigenvalue weighted by atomic mass is 10.2. The smallest absolute Gasteiger partial charge is 0.305 e. The zero-order valence-corrected chi connectivity index (χ0v) is 13.7. The highest BCUT2D eigenvalue weighted by Crippen LogP contribution is 2.28. The van der Waals surface area contributed by atoms with Crippen molar-refractivity contribution in [3.05, 3.63) is 24.3 Å². The lowest BCUT2D eigenvalue weighted by Crippen LogP contribution is -2.30. The Kier molecular flexibility index (Phi) is 6.45. The number of carbonyl (C=O) groups is 1. The molecule has 120 valence electrons. The number of esters is 1. The van der Waals surface area contributed by atoms with Crippen molar-refractivity contribution >= 4 is 34.7 Å². The Morgan fingerprint density at radius 1 is 1.32 bits per heavy atom. The number of rotatable bonds is 6. The van der Waals surface area contributed by atoms with Gasteiger partial charge in [-0.25, -0.2) is 0 Å². The molecule has 1 saturated heterocycles. The van der Waals surface area contributed by atoms with Gasteiger partial charge in [0.1, 0.15) is 0 Å². The zero-order valence-electron chi connectivity index (χ0n) is 12.9. The maximum atomic E-state index is 11.0. The average molecular weight is 321 g/mol. The number of nitrogens with one attached hydrogen (secondary N) is 2. The number of nitrogens with zero attached hydrogens (tertiary/aromatic N) is 1. The first kappa shape index (κ1) is 16.5. The van der Waals surface area contributed by atoms with Crippen LogP contribution in [0.2, 0.25) is 0 Å². The van der Waals surface area contributed by atoms with E-state index in [0.29, 0.717) is 24.5 Å². The number of ether oxygens (including phenoxy) is 1. The summed E-state index contributed by atoms with van der Waals surface area (Å²) in [6.07, 6.45) is 3.58. The minimum atomic E-state index is -0.194. The largest absolute Gasteiger partial charge is 0.469 e. The third kappa shape index (κ3) is 4.87. The summed E-state index contributed by atoms with van der Waals surface area (Å²) in [5.74, 6) is -0.194. The summed E-state index contributed by atoms with van der Waals surface area (Å²) in [5, 5.41) is 6.95. The second-order valence-corrected chi connectivity index (χ2v) is 5.68. The molecule has 1 aromatic carbocycles. The van der Waals surface area contributed by atoms with Gasteiger partial charge in [0.05, 0.1) is 18.5 Å². The summed E-state index contributed by atoms with van der Waals surface area (Å²) in [6.45, 7) is 2.84. The summed E-state index contributed by atoms with van der Waals surface area (Å²) < 4.78 is 4.60. The number of anilines is 2. The van der Waals surface area contributed by atoms with Crippen molar-refractivity contribution in [2.45, 2.75) is 25.7 Å². The number of para-hydroxylation sites is 2. The van der Waals surface area contributed by atoms with Gasteiger partial charge in [-0.2, -0.15) is 0 Å². The monoisotopic (exact) mass is 321 g/mol. The van der Waals surface area contributed by atoms with Crippen LogP contribution in [-0.2, 0) is 9.53 Å². The van der Waals surface area contributed by atoms with Crippen LogP contribution in [0.25, 0.3) is 0 Å². The fraction of sp³-hybridized carbons (Fsp3) is 0.500. The van der Waals surface area contributed by atoms with E-state index in [-0.39, 0.29) is 5.97 Å². The minimum absolute atomic E-state index is 0.194. The van der Waals surface area contributed by atoms with E-state index in [9.17, 15) is 4.79 Å². The summed E-state index contributed by atoms with van der Waals surface area (Å²) in [7, 11) is 1.40. The topological polar surface area (TPSA) is 53.6 Å². The maximum absolute atomic E-state index is 11.0. The highest BCUT2D eigenvalue weighted by atomic mass is 32.1. The molecule has 1 aliphatic heterocycles. The predicted octanol–water partition coefficient (Wildman–Crippen LogP) is 2.53. The van der Waals surface area contributed by atoms with Crippen LogP contribution in [0.4, 0.5) is 11.4 Å². The van der Waals surface area contributed by atoms with Crippen LogP contribution in [0.1, 0.15) is 25.7 Å². The number of thiocarbonyl (C=S) groups is 1. The molecule has 1 aromatic rings. The van der Waals surface area contributed by atoms with Crippen LogP contribution in [0.3, 0.4) is 0 Å². The van der Waals surface area contributed by atoms with E-state index >= 15 is 0 Å². The summed E-state index contributed by atoms with van der Waals surface area (Å²) >= 11 is 5.32. The van der Waals surface area contributed by atoms with Crippen molar-refractivity contribution in [3.8, 4) is 0 Å². The van der Waals surface area contributed by atoms with E-state index in [1.165, 1.54) is 25.6 Å². The number of benzene rings is 1. The van der Waals surface area contributed by atoms with Crippen LogP contribution in [0, 0.1) is 0 Å². The summed E-state index contributed by atoms with van der Waals surface area (Å²) in [5.41, 5.74) is 2.22. The molecule has 0 aromatic heterocycles. The second-order valence-electron chi connectivity index (χ2n) is 5.27. The van der Waals surface area contributed by atoms with Crippen molar-refractivity contribution in [1.29, 1.82) is 0 Å². The number of hydrogen-bond acceptors (Lipinski definition) is 4. The van der Waals surface area contributed by atoms with Gasteiger partial charge in [0.2, 0.25) is 0 Å². The molecule has 0 bridgehead atoms. The van der Waals surface area contributed by atoms with Gasteiger partial charge in [-0.3, -0.25) is 4.79 Å². The van der Waals surface area contributed by atoms with Crippen LogP contribution in [0.5, 0.6) is 0 Å². The first-order chi connectivity index (χ1) is 10.7. The minimum Gasteiger partial charge on any atom is -0.469 e. The first-order valence-electron chi connectivity index (χ1n) is 7.66. The second kappa shape index (κ2) is 8.58. The lowest BCUT2D eigenvalue weighted by Gasteiger charge is -2.22. The molecule has 0 radical (unpaired) electrons. The Morgan fingerprint density at radius 3 is 2.77 bits per heavy atom. The molecule has 5 nitrogen and oxygen atoms in total. The van der Waals surface area contributed by atoms with Gasteiger partial charge < -0.3 is 20.3 Å². The highest BCUT2D eigenvalue weighted by molar-refractivity contribution is 7.80. The summed E-state index contributed by atoms with van der Waals surface area (Å²) in [6, 6.07) is 8.21. The van der Waals surface area contributed by atoms with E-state index in [0.717, 1.165) is 18.8 Å². The Labute approximate surface area is 137 Å². The molecule has 0 atom stereocenters. The average Bonchev–Trinajstić information content (AvgIpc) is 3.06. The van der Waals surface area contributed by atoms with E-state index in [4.69, 9.17) is 12.2 Å². The van der Waals surface area contributed by atoms with Gasteiger partial charge >= 0.3 is 5.97 Å². The normalized spacial score (nSPS) is 13.8. The Bertz CT molecular complexity index is 516. The third-order valence-electron chi connectivity index (χ3n) is 3.67. The van der Waals surface area contributed by atoms with E-state index < -0.39 is 0 Å². The fourth-order valence-electron chi connectivity index (χ4n) is 2.52. The molecule has 6 heteroatoms. The lowest BCUT2D eigenvalue weighted by molar-refractivity contribution is -0.140. The number of carbonyl (C=O) groups excluding carboxylic acids is 1. The van der Waals surface area contributed by atoms with Crippen LogP contribution in [0.15, 0.2) is 24.3 Å². The Morgan fingerprint density at radius 2 is 2.05 bits per heavy atom. The Hall–Kier alpha value is -1.82. The number of methoxy groups -OCH3 is 1. The standard InChI is InChI=1S/C16H23N3O2S/c1-21-15(20)9-6-10-17-16(22)18-13-7-2-3-8-14(13)19-11-4-5-12-19/h2-3,7-8H,4-6,9-12H2,1H3,(H2,17,18,22). The van der Waals surface area contributed by atoms with Gasteiger partial charge in [0.25, 0.3) is 0 Å². The van der Waals surface area contributed by atoms with Crippen molar-refractivity contribution in [3.63, 3.8) is 0 Å². The van der Waals surface area contributed by atoms with Gasteiger partial charge in [0, 0.05) is 26.1 Å². The summed E-state index contributed by atoms with van der Waals surface area (Å²) in [4.78, 5) is 13.4. The van der Waals surface area contributed by atoms with Crippen molar-refractivity contribution in [1.82, 2.24) is 5.32 Å². The molecule has 1 aliphatic rings. The molecule has 2 N–H and O–H groups in total. The quantitative estimate of drug-likeness (QED) is 0.477. The number of hydrogen-bond donors (Lipinski definition) is 2. The van der Waals surface area contributed by atoms with Crippen molar-refractivity contribution in [2.24, 2.45) is 0 Å². The molecule has 1 heterocycles. The SMILES string of the molecule is COC(=O)CCCNC(=S)Nc1ccccc1N1CCCC1. The van der Waals surface area contributed by atoms with Gasteiger partial charge in [-0.15, -0.1) is 0 Å². The molecule has 1 fully saturated rings. The van der Waals surface area contributed by atoms with E-state index in [2.05, 4.69) is 26.3 Å². The van der Waals surface area contributed by atoms with Crippen molar-refractivity contribution in [2.75, 3.05) is 37.0 Å². The molecule has 0 aliphatic carbocycles. The molecule has 22 heavy (non-hydrogen) atoms. The molecule has 0 unspecified atom stereocenters.